The zero-order valence-corrected chi connectivity index (χ0v) is 8.46. The van der Waals surface area contributed by atoms with Crippen LogP contribution >= 0.6 is 0 Å². The molecule has 14 heavy (non-hydrogen) atoms. The lowest BCUT2D eigenvalue weighted by molar-refractivity contribution is 0.391. The first-order chi connectivity index (χ1) is 6.42. The maximum Gasteiger partial charge on any atom is 0.181 e. The third-order valence-corrected chi connectivity index (χ3v) is 3.53. The lowest BCUT2D eigenvalue weighted by atomic mass is 10.3. The summed E-state index contributed by atoms with van der Waals surface area (Å²) in [5.41, 5.74) is 0. The van der Waals surface area contributed by atoms with Gasteiger partial charge in [0.15, 0.2) is 9.84 Å². The minimum atomic E-state index is -3.56. The Balaban J connectivity index is 2.99. The summed E-state index contributed by atoms with van der Waals surface area (Å²) in [5.74, 6) is -0.546. The lowest BCUT2D eigenvalue weighted by Gasteiger charge is -2.04. The van der Waals surface area contributed by atoms with E-state index in [1.54, 1.807) is 0 Å². The molecule has 78 valence electrons. The molecular formula is C9H11FO3S. The molecule has 1 aromatic rings. The van der Waals surface area contributed by atoms with Crippen LogP contribution in [-0.4, -0.2) is 25.4 Å². The quantitative estimate of drug-likeness (QED) is 0.837. The number of aromatic hydroxyl groups is 1. The molecule has 0 saturated heterocycles. The van der Waals surface area contributed by atoms with Crippen LogP contribution in [0, 0.1) is 0 Å². The van der Waals surface area contributed by atoms with Gasteiger partial charge in [0, 0.05) is 0 Å². The van der Waals surface area contributed by atoms with Gasteiger partial charge in [0.25, 0.3) is 0 Å². The molecule has 0 aromatic heterocycles. The van der Waals surface area contributed by atoms with E-state index in [4.69, 9.17) is 5.11 Å². The van der Waals surface area contributed by atoms with E-state index < -0.39 is 21.8 Å². The molecule has 0 spiro atoms. The Kier molecular flexibility index (Phi) is 3.10. The Morgan fingerprint density at radius 1 is 1.36 bits per heavy atom. The van der Waals surface area contributed by atoms with E-state index in [2.05, 4.69) is 0 Å². The van der Waals surface area contributed by atoms with Crippen molar-refractivity contribution in [2.75, 3.05) is 5.75 Å². The Bertz CT molecular complexity index is 395. The molecule has 1 aromatic carbocycles. The van der Waals surface area contributed by atoms with Crippen LogP contribution in [0.25, 0.3) is 0 Å². The van der Waals surface area contributed by atoms with Crippen LogP contribution in [-0.2, 0) is 9.84 Å². The van der Waals surface area contributed by atoms with Gasteiger partial charge in [-0.15, -0.1) is 0 Å². The number of hydrogen-bond donors (Lipinski definition) is 1. The first-order valence-electron chi connectivity index (χ1n) is 4.07. The van der Waals surface area contributed by atoms with Crippen LogP contribution in [0.1, 0.15) is 6.92 Å². The standard InChI is InChI=1S/C9H11FO3S/c1-7(10)6-14(12,13)9-4-2-8(11)3-5-9/h2-5,7,11H,6H2,1H3. The molecule has 0 aliphatic heterocycles. The van der Waals surface area contributed by atoms with Gasteiger partial charge in [-0.25, -0.2) is 12.8 Å². The molecule has 0 radical (unpaired) electrons. The molecule has 0 saturated carbocycles. The van der Waals surface area contributed by atoms with E-state index in [9.17, 15) is 12.8 Å². The van der Waals surface area contributed by atoms with Gasteiger partial charge in [-0.1, -0.05) is 0 Å². The fourth-order valence-corrected chi connectivity index (χ4v) is 2.40. The van der Waals surface area contributed by atoms with Gasteiger partial charge in [0.2, 0.25) is 0 Å². The summed E-state index contributed by atoms with van der Waals surface area (Å²) in [5, 5.41) is 8.94. The molecular weight excluding hydrogens is 207 g/mol. The Labute approximate surface area is 82.1 Å². The zero-order valence-electron chi connectivity index (χ0n) is 7.64. The van der Waals surface area contributed by atoms with Gasteiger partial charge in [0.05, 0.1) is 10.6 Å². The molecule has 1 atom stereocenters. The summed E-state index contributed by atoms with van der Waals surface area (Å²) in [4.78, 5) is 0.0276. The molecule has 0 fully saturated rings. The predicted molar refractivity (Wildman–Crippen MR) is 50.7 cm³/mol. The predicted octanol–water partition coefficient (Wildman–Crippen LogP) is 1.52. The third-order valence-electron chi connectivity index (χ3n) is 1.64. The molecule has 3 nitrogen and oxygen atoms in total. The van der Waals surface area contributed by atoms with E-state index in [1.165, 1.54) is 31.2 Å². The molecule has 0 aliphatic carbocycles. The van der Waals surface area contributed by atoms with Crippen molar-refractivity contribution in [3.05, 3.63) is 24.3 Å². The first kappa shape index (κ1) is 11.0. The van der Waals surface area contributed by atoms with Crippen molar-refractivity contribution < 1.29 is 17.9 Å². The summed E-state index contributed by atoms with van der Waals surface area (Å²) in [6.07, 6.45) is -1.39. The van der Waals surface area contributed by atoms with Crippen molar-refractivity contribution in [2.24, 2.45) is 0 Å². The number of phenolic OH excluding ortho intramolecular Hbond substituents is 1. The molecule has 5 heteroatoms. The van der Waals surface area contributed by atoms with Crippen molar-refractivity contribution >= 4 is 9.84 Å². The van der Waals surface area contributed by atoms with Gasteiger partial charge < -0.3 is 5.11 Å². The van der Waals surface area contributed by atoms with E-state index >= 15 is 0 Å². The molecule has 0 bridgehead atoms. The van der Waals surface area contributed by atoms with Crippen LogP contribution in [0.2, 0.25) is 0 Å². The second-order valence-corrected chi connectivity index (χ2v) is 5.09. The number of rotatable bonds is 3. The van der Waals surface area contributed by atoms with E-state index in [0.29, 0.717) is 0 Å². The average molecular weight is 218 g/mol. The minimum Gasteiger partial charge on any atom is -0.508 e. The lowest BCUT2D eigenvalue weighted by Crippen LogP contribution is -2.14. The number of hydrogen-bond acceptors (Lipinski definition) is 3. The molecule has 1 rings (SSSR count). The van der Waals surface area contributed by atoms with Crippen LogP contribution in [0.15, 0.2) is 29.2 Å². The third kappa shape index (κ3) is 2.70. The highest BCUT2D eigenvalue weighted by atomic mass is 32.2. The normalized spacial score (nSPS) is 13.9. The van der Waals surface area contributed by atoms with Crippen molar-refractivity contribution in [2.45, 2.75) is 18.0 Å². The van der Waals surface area contributed by atoms with Gasteiger partial charge in [0.1, 0.15) is 11.9 Å². The number of sulfone groups is 1. The number of phenols is 1. The highest BCUT2D eigenvalue weighted by Crippen LogP contribution is 2.16. The van der Waals surface area contributed by atoms with Gasteiger partial charge in [-0.2, -0.15) is 0 Å². The van der Waals surface area contributed by atoms with Gasteiger partial charge in [-0.3, -0.25) is 0 Å². The van der Waals surface area contributed by atoms with Crippen molar-refractivity contribution in [1.29, 1.82) is 0 Å². The largest absolute Gasteiger partial charge is 0.508 e. The van der Waals surface area contributed by atoms with Crippen LogP contribution < -0.4 is 0 Å². The summed E-state index contributed by atoms with van der Waals surface area (Å²) < 4.78 is 35.4. The highest BCUT2D eigenvalue weighted by Gasteiger charge is 2.17. The molecule has 0 amide bonds. The van der Waals surface area contributed by atoms with Crippen molar-refractivity contribution in [3.63, 3.8) is 0 Å². The summed E-state index contributed by atoms with van der Waals surface area (Å²) >= 11 is 0. The van der Waals surface area contributed by atoms with E-state index in [0.717, 1.165) is 0 Å². The first-order valence-corrected chi connectivity index (χ1v) is 5.73. The van der Waals surface area contributed by atoms with Crippen LogP contribution in [0.5, 0.6) is 5.75 Å². The number of benzene rings is 1. The zero-order chi connectivity index (χ0) is 10.8. The van der Waals surface area contributed by atoms with Crippen LogP contribution in [0.3, 0.4) is 0 Å². The maximum absolute atomic E-state index is 12.5. The smallest absolute Gasteiger partial charge is 0.181 e. The van der Waals surface area contributed by atoms with Crippen molar-refractivity contribution in [1.82, 2.24) is 0 Å². The number of halogens is 1. The topological polar surface area (TPSA) is 54.4 Å². The Hall–Kier alpha value is -1.10. The summed E-state index contributed by atoms with van der Waals surface area (Å²) in [6, 6.07) is 5.03. The highest BCUT2D eigenvalue weighted by molar-refractivity contribution is 7.91. The summed E-state index contributed by atoms with van der Waals surface area (Å²) in [7, 11) is -3.56. The second kappa shape index (κ2) is 3.96. The minimum absolute atomic E-state index is 0.0164. The molecule has 1 N–H and O–H groups in total. The average Bonchev–Trinajstić information content (AvgIpc) is 2.02. The molecule has 1 unspecified atom stereocenters. The number of alkyl halides is 1. The van der Waals surface area contributed by atoms with E-state index in [-0.39, 0.29) is 10.6 Å². The maximum atomic E-state index is 12.5. The van der Waals surface area contributed by atoms with Crippen LogP contribution in [0.4, 0.5) is 4.39 Å². The summed E-state index contributed by atoms with van der Waals surface area (Å²) in [6.45, 7) is 1.19. The second-order valence-electron chi connectivity index (χ2n) is 3.06. The fourth-order valence-electron chi connectivity index (χ4n) is 1.05. The Morgan fingerprint density at radius 2 is 1.86 bits per heavy atom. The molecule has 0 aliphatic rings. The SMILES string of the molecule is CC(F)CS(=O)(=O)c1ccc(O)cc1. The van der Waals surface area contributed by atoms with E-state index in [1.807, 2.05) is 0 Å². The Morgan fingerprint density at radius 3 is 2.29 bits per heavy atom. The monoisotopic (exact) mass is 218 g/mol. The van der Waals surface area contributed by atoms with Gasteiger partial charge in [-0.05, 0) is 31.2 Å². The van der Waals surface area contributed by atoms with Gasteiger partial charge >= 0.3 is 0 Å². The van der Waals surface area contributed by atoms with Crippen molar-refractivity contribution in [3.8, 4) is 5.75 Å². The fraction of sp³-hybridized carbons (Fsp3) is 0.333. The molecule has 0 heterocycles.